The molecule has 0 aromatic heterocycles. The third-order valence-electron chi connectivity index (χ3n) is 2.47. The van der Waals surface area contributed by atoms with E-state index in [0.29, 0.717) is 26.3 Å². The zero-order valence-electron chi connectivity index (χ0n) is 9.57. The van der Waals surface area contributed by atoms with Gasteiger partial charge in [0.1, 0.15) is 0 Å². The van der Waals surface area contributed by atoms with Crippen molar-refractivity contribution < 1.29 is 14.3 Å². The molecular weight excluding hydrogens is 210 g/mol. The highest BCUT2D eigenvalue weighted by molar-refractivity contribution is 5.78. The fourth-order valence-corrected chi connectivity index (χ4v) is 1.56. The molecule has 0 aromatic carbocycles. The minimum atomic E-state index is -0.362. The quantitative estimate of drug-likeness (QED) is 0.613. The monoisotopic (exact) mass is 229 g/mol. The number of carbonyl (C=O) groups is 2. The first-order valence-corrected chi connectivity index (χ1v) is 5.47. The molecule has 3 N–H and O–H groups in total. The lowest BCUT2D eigenvalue weighted by Gasteiger charge is -2.27. The van der Waals surface area contributed by atoms with Crippen molar-refractivity contribution in [3.63, 3.8) is 0 Å². The van der Waals surface area contributed by atoms with Crippen LogP contribution in [0.15, 0.2) is 0 Å². The van der Waals surface area contributed by atoms with Gasteiger partial charge < -0.3 is 20.7 Å². The number of carbonyl (C=O) groups excluding carboxylic acids is 2. The van der Waals surface area contributed by atoms with Gasteiger partial charge in [0.15, 0.2) is 0 Å². The van der Waals surface area contributed by atoms with Crippen molar-refractivity contribution in [3.8, 4) is 0 Å². The maximum Gasteiger partial charge on any atom is 0.236 e. The van der Waals surface area contributed by atoms with E-state index in [0.717, 1.165) is 0 Å². The van der Waals surface area contributed by atoms with Gasteiger partial charge in [0.2, 0.25) is 11.8 Å². The zero-order chi connectivity index (χ0) is 12.0. The van der Waals surface area contributed by atoms with Gasteiger partial charge in [0.05, 0.1) is 19.8 Å². The van der Waals surface area contributed by atoms with Crippen molar-refractivity contribution >= 4 is 11.8 Å². The summed E-state index contributed by atoms with van der Waals surface area (Å²) in [7, 11) is 0. The largest absolute Gasteiger partial charge is 0.378 e. The average molecular weight is 229 g/mol. The maximum absolute atomic E-state index is 11.7. The van der Waals surface area contributed by atoms with Crippen LogP contribution >= 0.6 is 0 Å². The summed E-state index contributed by atoms with van der Waals surface area (Å²) in [6, 6.07) is -0.0671. The number of hydrogen-bond acceptors (Lipinski definition) is 4. The van der Waals surface area contributed by atoms with Crippen LogP contribution < -0.4 is 11.1 Å². The Bertz CT molecular complexity index is 252. The second-order valence-electron chi connectivity index (χ2n) is 3.95. The highest BCUT2D eigenvalue weighted by Crippen LogP contribution is 1.97. The minimum absolute atomic E-state index is 0.0413. The van der Waals surface area contributed by atoms with Crippen LogP contribution in [0.3, 0.4) is 0 Å². The van der Waals surface area contributed by atoms with Gasteiger partial charge in [-0.1, -0.05) is 0 Å². The molecule has 0 aliphatic carbocycles. The maximum atomic E-state index is 11.7. The molecule has 1 fully saturated rings. The summed E-state index contributed by atoms with van der Waals surface area (Å²) in [6.45, 7) is 4.56. The van der Waals surface area contributed by atoms with Crippen molar-refractivity contribution in [2.45, 2.75) is 19.4 Å². The summed E-state index contributed by atoms with van der Waals surface area (Å²) >= 11 is 0. The minimum Gasteiger partial charge on any atom is -0.378 e. The summed E-state index contributed by atoms with van der Waals surface area (Å²) < 4.78 is 5.15. The topological polar surface area (TPSA) is 84.7 Å². The van der Waals surface area contributed by atoms with Crippen LogP contribution in [0.25, 0.3) is 0 Å². The summed E-state index contributed by atoms with van der Waals surface area (Å²) in [5, 5.41) is 2.98. The lowest BCUT2D eigenvalue weighted by atomic mass is 10.2. The SMILES string of the molecule is CC(CC(N)=O)NCC(=O)N1CCOCC1. The molecule has 1 heterocycles. The van der Waals surface area contributed by atoms with E-state index in [9.17, 15) is 9.59 Å². The standard InChI is InChI=1S/C10H19N3O3/c1-8(6-9(11)14)12-7-10(15)13-2-4-16-5-3-13/h8,12H,2-7H2,1H3,(H2,11,14). The van der Waals surface area contributed by atoms with E-state index in [1.165, 1.54) is 0 Å². The van der Waals surface area contributed by atoms with E-state index in [1.807, 2.05) is 6.92 Å². The number of rotatable bonds is 5. The van der Waals surface area contributed by atoms with E-state index < -0.39 is 0 Å². The number of hydrogen-bond donors (Lipinski definition) is 2. The summed E-state index contributed by atoms with van der Waals surface area (Å²) in [6.07, 6.45) is 0.246. The molecule has 1 saturated heterocycles. The molecule has 1 unspecified atom stereocenters. The lowest BCUT2D eigenvalue weighted by Crippen LogP contribution is -2.46. The Labute approximate surface area is 95.1 Å². The molecule has 16 heavy (non-hydrogen) atoms. The molecule has 6 nitrogen and oxygen atoms in total. The fourth-order valence-electron chi connectivity index (χ4n) is 1.56. The Hall–Kier alpha value is -1.14. The molecular formula is C10H19N3O3. The van der Waals surface area contributed by atoms with Gasteiger partial charge >= 0.3 is 0 Å². The third kappa shape index (κ3) is 4.59. The first-order valence-electron chi connectivity index (χ1n) is 5.47. The van der Waals surface area contributed by atoms with Crippen LogP contribution in [0, 0.1) is 0 Å². The van der Waals surface area contributed by atoms with Gasteiger partial charge in [0, 0.05) is 25.6 Å². The van der Waals surface area contributed by atoms with Crippen LogP contribution in [-0.4, -0.2) is 55.6 Å². The molecule has 2 amide bonds. The Morgan fingerprint density at radius 1 is 1.44 bits per heavy atom. The van der Waals surface area contributed by atoms with E-state index in [4.69, 9.17) is 10.5 Å². The van der Waals surface area contributed by atoms with Crippen LogP contribution in [0.5, 0.6) is 0 Å². The molecule has 92 valence electrons. The Kier molecular flexibility index (Phi) is 5.21. The number of nitrogens with two attached hydrogens (primary N) is 1. The van der Waals surface area contributed by atoms with Gasteiger partial charge in [-0.25, -0.2) is 0 Å². The number of nitrogens with zero attached hydrogens (tertiary/aromatic N) is 1. The normalized spacial score (nSPS) is 18.2. The fraction of sp³-hybridized carbons (Fsp3) is 0.800. The van der Waals surface area contributed by atoms with Crippen LogP contribution in [0.1, 0.15) is 13.3 Å². The Morgan fingerprint density at radius 2 is 2.06 bits per heavy atom. The van der Waals surface area contributed by atoms with Crippen molar-refractivity contribution in [1.82, 2.24) is 10.2 Å². The summed E-state index contributed by atoms with van der Waals surface area (Å²) in [5.41, 5.74) is 5.05. The zero-order valence-corrected chi connectivity index (χ0v) is 9.57. The molecule has 0 spiro atoms. The molecule has 0 bridgehead atoms. The van der Waals surface area contributed by atoms with E-state index in [1.54, 1.807) is 4.90 Å². The van der Waals surface area contributed by atoms with Gasteiger partial charge in [-0.2, -0.15) is 0 Å². The van der Waals surface area contributed by atoms with Crippen molar-refractivity contribution in [2.75, 3.05) is 32.8 Å². The summed E-state index contributed by atoms with van der Waals surface area (Å²) in [5.74, 6) is -0.321. The van der Waals surface area contributed by atoms with Crippen molar-refractivity contribution in [3.05, 3.63) is 0 Å². The van der Waals surface area contributed by atoms with Crippen LogP contribution in [0.4, 0.5) is 0 Å². The lowest BCUT2D eigenvalue weighted by molar-refractivity contribution is -0.134. The molecule has 1 aliphatic heterocycles. The number of primary amides is 1. The molecule has 1 aliphatic rings. The van der Waals surface area contributed by atoms with E-state index >= 15 is 0 Å². The first kappa shape index (κ1) is 12.9. The van der Waals surface area contributed by atoms with Crippen molar-refractivity contribution in [2.24, 2.45) is 5.73 Å². The predicted octanol–water partition coefficient (Wildman–Crippen LogP) is -1.30. The number of morpholine rings is 1. The smallest absolute Gasteiger partial charge is 0.236 e. The first-order chi connectivity index (χ1) is 7.59. The number of ether oxygens (including phenoxy) is 1. The number of nitrogens with one attached hydrogen (secondary N) is 1. The molecule has 1 rings (SSSR count). The Morgan fingerprint density at radius 3 is 2.62 bits per heavy atom. The van der Waals surface area contributed by atoms with Crippen LogP contribution in [-0.2, 0) is 14.3 Å². The molecule has 1 atom stereocenters. The van der Waals surface area contributed by atoms with Crippen molar-refractivity contribution in [1.29, 1.82) is 0 Å². The van der Waals surface area contributed by atoms with Gasteiger partial charge in [-0.3, -0.25) is 9.59 Å². The molecule has 0 radical (unpaired) electrons. The Balaban J connectivity index is 2.20. The second kappa shape index (κ2) is 6.44. The highest BCUT2D eigenvalue weighted by atomic mass is 16.5. The predicted molar refractivity (Wildman–Crippen MR) is 58.7 cm³/mol. The number of amides is 2. The highest BCUT2D eigenvalue weighted by Gasteiger charge is 2.17. The second-order valence-corrected chi connectivity index (χ2v) is 3.95. The average Bonchev–Trinajstić information content (AvgIpc) is 2.26. The van der Waals surface area contributed by atoms with E-state index in [-0.39, 0.29) is 30.8 Å². The van der Waals surface area contributed by atoms with E-state index in [2.05, 4.69) is 5.32 Å². The third-order valence-corrected chi connectivity index (χ3v) is 2.47. The molecule has 0 aromatic rings. The molecule has 6 heteroatoms. The molecule has 0 saturated carbocycles. The van der Waals surface area contributed by atoms with Gasteiger partial charge in [0.25, 0.3) is 0 Å². The van der Waals surface area contributed by atoms with Gasteiger partial charge in [-0.05, 0) is 6.92 Å². The summed E-state index contributed by atoms with van der Waals surface area (Å²) in [4.78, 5) is 24.1. The van der Waals surface area contributed by atoms with Gasteiger partial charge in [-0.15, -0.1) is 0 Å². The van der Waals surface area contributed by atoms with Crippen LogP contribution in [0.2, 0.25) is 0 Å².